The summed E-state index contributed by atoms with van der Waals surface area (Å²) >= 11 is 5.75. The van der Waals surface area contributed by atoms with E-state index >= 15 is 0 Å². The molecule has 1 aliphatic rings. The Morgan fingerprint density at radius 2 is 2.05 bits per heavy atom. The number of nitro benzene ring substituents is 1. The van der Waals surface area contributed by atoms with Crippen LogP contribution in [0.25, 0.3) is 0 Å². The lowest BCUT2D eigenvalue weighted by Gasteiger charge is -2.20. The largest absolute Gasteiger partial charge is 0.327 e. The molecule has 1 aromatic rings. The number of nitrogens with zero attached hydrogens (tertiary/aromatic N) is 1. The highest BCUT2D eigenvalue weighted by atomic mass is 35.5. The van der Waals surface area contributed by atoms with Gasteiger partial charge in [-0.2, -0.15) is 0 Å². The Kier molecular flexibility index (Phi) is 5.14. The first-order chi connectivity index (χ1) is 9.99. The third kappa shape index (κ3) is 3.92. The van der Waals surface area contributed by atoms with Gasteiger partial charge in [-0.25, -0.2) is 0 Å². The minimum Gasteiger partial charge on any atom is -0.327 e. The van der Waals surface area contributed by atoms with Crippen molar-refractivity contribution in [2.45, 2.75) is 38.1 Å². The molecule has 0 spiro atoms. The molecular weight excluding hydrogens is 294 g/mol. The Labute approximate surface area is 127 Å². The summed E-state index contributed by atoms with van der Waals surface area (Å²) in [5, 5.41) is 13.9. The number of benzene rings is 1. The van der Waals surface area contributed by atoms with E-state index in [1.165, 1.54) is 18.2 Å². The Bertz CT molecular complexity index is 550. The van der Waals surface area contributed by atoms with Crippen molar-refractivity contribution < 1.29 is 9.72 Å². The van der Waals surface area contributed by atoms with E-state index in [1.54, 1.807) is 0 Å². The fourth-order valence-electron chi connectivity index (χ4n) is 2.65. The van der Waals surface area contributed by atoms with Crippen LogP contribution in [-0.4, -0.2) is 16.9 Å². The number of amides is 1. The van der Waals surface area contributed by atoms with E-state index in [0.29, 0.717) is 6.42 Å². The van der Waals surface area contributed by atoms with Gasteiger partial charge < -0.3 is 11.1 Å². The van der Waals surface area contributed by atoms with Gasteiger partial charge in [-0.1, -0.05) is 30.9 Å². The predicted molar refractivity (Wildman–Crippen MR) is 81.3 cm³/mol. The van der Waals surface area contributed by atoms with Crippen molar-refractivity contribution in [1.82, 2.24) is 0 Å². The van der Waals surface area contributed by atoms with Crippen molar-refractivity contribution in [2.24, 2.45) is 11.7 Å². The third-order valence-electron chi connectivity index (χ3n) is 3.82. The summed E-state index contributed by atoms with van der Waals surface area (Å²) in [6.45, 7) is 0. The molecular formula is C14H18ClN3O3. The van der Waals surface area contributed by atoms with Gasteiger partial charge in [-0.05, 0) is 25.0 Å². The quantitative estimate of drug-likeness (QED) is 0.509. The predicted octanol–water partition coefficient (Wildman–Crippen LogP) is 3.09. The van der Waals surface area contributed by atoms with Crippen molar-refractivity contribution >= 4 is 28.9 Å². The Morgan fingerprint density at radius 3 is 2.76 bits per heavy atom. The van der Waals surface area contributed by atoms with Gasteiger partial charge in [0.2, 0.25) is 5.91 Å². The van der Waals surface area contributed by atoms with E-state index in [9.17, 15) is 14.9 Å². The maximum atomic E-state index is 12.3. The molecule has 21 heavy (non-hydrogen) atoms. The zero-order valence-corrected chi connectivity index (χ0v) is 12.3. The number of carbonyl (C=O) groups excluding carboxylic acids is 1. The highest BCUT2D eigenvalue weighted by Crippen LogP contribution is 2.29. The molecule has 0 heterocycles. The first kappa shape index (κ1) is 15.7. The van der Waals surface area contributed by atoms with Gasteiger partial charge in [0, 0.05) is 17.1 Å². The maximum Gasteiger partial charge on any atom is 0.294 e. The van der Waals surface area contributed by atoms with Crippen molar-refractivity contribution in [1.29, 1.82) is 0 Å². The van der Waals surface area contributed by atoms with Crippen LogP contribution < -0.4 is 11.1 Å². The zero-order chi connectivity index (χ0) is 15.4. The second kappa shape index (κ2) is 6.87. The lowest BCUT2D eigenvalue weighted by Crippen LogP contribution is -2.37. The molecule has 1 aliphatic carbocycles. The molecule has 2 unspecified atom stereocenters. The monoisotopic (exact) mass is 311 g/mol. The number of nitrogens with two attached hydrogens (primary N) is 1. The average Bonchev–Trinajstić information content (AvgIpc) is 2.65. The molecule has 1 saturated carbocycles. The van der Waals surface area contributed by atoms with Crippen LogP contribution in [0.5, 0.6) is 0 Å². The van der Waals surface area contributed by atoms with Gasteiger partial charge in [-0.3, -0.25) is 14.9 Å². The molecule has 0 aromatic heterocycles. The molecule has 0 radical (unpaired) electrons. The molecule has 3 N–H and O–H groups in total. The van der Waals surface area contributed by atoms with Gasteiger partial charge in [0.05, 0.1) is 10.8 Å². The number of anilines is 1. The highest BCUT2D eigenvalue weighted by molar-refractivity contribution is 6.31. The van der Waals surface area contributed by atoms with Crippen molar-refractivity contribution in [3.63, 3.8) is 0 Å². The number of halogens is 1. The summed E-state index contributed by atoms with van der Waals surface area (Å²) in [7, 11) is 0. The minimum absolute atomic E-state index is 0.158. The van der Waals surface area contributed by atoms with E-state index in [0.717, 1.165) is 25.7 Å². The van der Waals surface area contributed by atoms with Crippen LogP contribution in [0.1, 0.15) is 32.1 Å². The Balaban J connectivity index is 2.17. The van der Waals surface area contributed by atoms with E-state index in [1.807, 2.05) is 0 Å². The third-order valence-corrected chi connectivity index (χ3v) is 4.06. The first-order valence-electron chi connectivity index (χ1n) is 6.99. The molecule has 7 heteroatoms. The second-order valence-electron chi connectivity index (χ2n) is 5.32. The number of carbonyl (C=O) groups is 1. The van der Waals surface area contributed by atoms with Crippen LogP contribution in [0.3, 0.4) is 0 Å². The van der Waals surface area contributed by atoms with Gasteiger partial charge in [-0.15, -0.1) is 0 Å². The fraction of sp³-hybridized carbons (Fsp3) is 0.500. The maximum absolute atomic E-state index is 12.3. The molecule has 2 atom stereocenters. The Hall–Kier alpha value is -1.66. The summed E-state index contributed by atoms with van der Waals surface area (Å²) in [4.78, 5) is 22.8. The first-order valence-corrected chi connectivity index (χ1v) is 7.37. The molecule has 2 rings (SSSR count). The standard InChI is InChI=1S/C14H18ClN3O3/c15-9-6-7-12(13(8-9)18(20)21)17-14(19)10-4-2-1-3-5-11(10)16/h6-8,10-11H,1-5,16H2,(H,17,19). The normalized spacial score (nSPS) is 22.4. The van der Waals surface area contributed by atoms with Gasteiger partial charge >= 0.3 is 0 Å². The van der Waals surface area contributed by atoms with Gasteiger partial charge in [0.1, 0.15) is 5.69 Å². The summed E-state index contributed by atoms with van der Waals surface area (Å²) < 4.78 is 0. The summed E-state index contributed by atoms with van der Waals surface area (Å²) in [5.41, 5.74) is 5.99. The highest BCUT2D eigenvalue weighted by Gasteiger charge is 2.28. The van der Waals surface area contributed by atoms with Crippen molar-refractivity contribution in [3.8, 4) is 0 Å². The van der Waals surface area contributed by atoms with Crippen LogP contribution in [0.4, 0.5) is 11.4 Å². The van der Waals surface area contributed by atoms with Gasteiger partial charge in [0.15, 0.2) is 0 Å². The van der Waals surface area contributed by atoms with Crippen LogP contribution in [-0.2, 0) is 4.79 Å². The molecule has 0 bridgehead atoms. The van der Waals surface area contributed by atoms with E-state index in [-0.39, 0.29) is 34.3 Å². The molecule has 0 aliphatic heterocycles. The van der Waals surface area contributed by atoms with E-state index < -0.39 is 4.92 Å². The lowest BCUT2D eigenvalue weighted by molar-refractivity contribution is -0.383. The summed E-state index contributed by atoms with van der Waals surface area (Å²) in [6, 6.07) is 3.99. The average molecular weight is 312 g/mol. The molecule has 6 nitrogen and oxygen atoms in total. The molecule has 1 fully saturated rings. The van der Waals surface area contributed by atoms with Crippen molar-refractivity contribution in [3.05, 3.63) is 33.3 Å². The SMILES string of the molecule is NC1CCCCCC1C(=O)Nc1ccc(Cl)cc1[N+](=O)[O-]. The number of rotatable bonds is 3. The van der Waals surface area contributed by atoms with Crippen molar-refractivity contribution in [2.75, 3.05) is 5.32 Å². The molecule has 1 aromatic carbocycles. The van der Waals surface area contributed by atoms with E-state index in [4.69, 9.17) is 17.3 Å². The molecule has 1 amide bonds. The zero-order valence-electron chi connectivity index (χ0n) is 11.5. The minimum atomic E-state index is -0.561. The number of nitrogens with one attached hydrogen (secondary N) is 1. The number of hydrogen-bond donors (Lipinski definition) is 2. The number of hydrogen-bond acceptors (Lipinski definition) is 4. The smallest absolute Gasteiger partial charge is 0.294 e. The van der Waals surface area contributed by atoms with Crippen LogP contribution in [0.15, 0.2) is 18.2 Å². The van der Waals surface area contributed by atoms with E-state index in [2.05, 4.69) is 5.32 Å². The van der Waals surface area contributed by atoms with Crippen LogP contribution >= 0.6 is 11.6 Å². The second-order valence-corrected chi connectivity index (χ2v) is 5.75. The summed E-state index contributed by atoms with van der Waals surface area (Å²) in [6.07, 6.45) is 4.56. The fourth-order valence-corrected chi connectivity index (χ4v) is 2.82. The lowest BCUT2D eigenvalue weighted by atomic mass is 9.94. The summed E-state index contributed by atoms with van der Waals surface area (Å²) in [5.74, 6) is -0.558. The molecule has 0 saturated heterocycles. The number of nitro groups is 1. The Morgan fingerprint density at radius 1 is 1.33 bits per heavy atom. The van der Waals surface area contributed by atoms with Crippen LogP contribution in [0, 0.1) is 16.0 Å². The topological polar surface area (TPSA) is 98.3 Å². The molecule has 114 valence electrons. The van der Waals surface area contributed by atoms with Crippen LogP contribution in [0.2, 0.25) is 5.02 Å². The van der Waals surface area contributed by atoms with Gasteiger partial charge in [0.25, 0.3) is 5.69 Å².